The Morgan fingerprint density at radius 2 is 1.75 bits per heavy atom. The van der Waals surface area contributed by atoms with Crippen molar-refractivity contribution in [3.63, 3.8) is 0 Å². The molecule has 5 rings (SSSR count). The number of sulfonamides is 1. The van der Waals surface area contributed by atoms with Crippen molar-refractivity contribution in [1.29, 1.82) is 0 Å². The third-order valence-corrected chi connectivity index (χ3v) is 8.58. The van der Waals surface area contributed by atoms with Crippen molar-refractivity contribution in [3.8, 4) is 0 Å². The van der Waals surface area contributed by atoms with Crippen LogP contribution in [0.15, 0.2) is 90.0 Å². The van der Waals surface area contributed by atoms with E-state index in [4.69, 9.17) is 0 Å². The molecule has 0 aliphatic heterocycles. The monoisotopic (exact) mass is 558 g/mol. The Morgan fingerprint density at radius 1 is 1.00 bits per heavy atom. The molecule has 0 fully saturated rings. The number of amides is 1. The van der Waals surface area contributed by atoms with Gasteiger partial charge in [0.25, 0.3) is 5.91 Å². The summed E-state index contributed by atoms with van der Waals surface area (Å²) in [4.78, 5) is 17.6. The molecule has 0 bridgehead atoms. The largest absolute Gasteiger partial charge is 0.352 e. The Kier molecular flexibility index (Phi) is 8.23. The fraction of sp³-hybridized carbons (Fsp3) is 0.226. The van der Waals surface area contributed by atoms with E-state index < -0.39 is 10.0 Å². The molecule has 1 aromatic heterocycles. The second kappa shape index (κ2) is 12.0. The van der Waals surface area contributed by atoms with Gasteiger partial charge in [-0.1, -0.05) is 37.3 Å². The van der Waals surface area contributed by atoms with E-state index in [0.29, 0.717) is 36.5 Å². The van der Waals surface area contributed by atoms with Gasteiger partial charge in [-0.3, -0.25) is 4.79 Å². The fourth-order valence-corrected chi connectivity index (χ4v) is 6.10. The first-order valence-corrected chi connectivity index (χ1v) is 14.8. The van der Waals surface area contributed by atoms with Gasteiger partial charge in [0.15, 0.2) is 0 Å². The summed E-state index contributed by atoms with van der Waals surface area (Å²) >= 11 is 0. The van der Waals surface area contributed by atoms with Crippen LogP contribution in [0.2, 0.25) is 0 Å². The average molecular weight is 559 g/mol. The molecule has 0 saturated heterocycles. The highest BCUT2D eigenvalue weighted by atomic mass is 32.2. The summed E-state index contributed by atoms with van der Waals surface area (Å²) in [5.41, 5.74) is 5.08. The summed E-state index contributed by atoms with van der Waals surface area (Å²) in [5.74, 6) is -0.178. The van der Waals surface area contributed by atoms with Crippen LogP contribution in [-0.2, 0) is 29.3 Å². The first kappa shape index (κ1) is 27.5. The van der Waals surface area contributed by atoms with Gasteiger partial charge in [-0.2, -0.15) is 0 Å². The summed E-state index contributed by atoms with van der Waals surface area (Å²) in [5, 5.41) is 6.13. The predicted octanol–water partition coefficient (Wildman–Crippen LogP) is 5.47. The Bertz CT molecular complexity index is 1610. The number of carbonyl (C=O) groups excluding carboxylic acids is 1. The second-order valence-electron chi connectivity index (χ2n) is 9.78. The molecular weight excluding hydrogens is 527 g/mol. The molecule has 3 aromatic carbocycles. The smallest absolute Gasteiger partial charge is 0.255 e. The van der Waals surface area contributed by atoms with Crippen molar-refractivity contribution in [1.82, 2.24) is 15.0 Å². The number of halogens is 1. The predicted molar refractivity (Wildman–Crippen MR) is 154 cm³/mol. The zero-order chi connectivity index (χ0) is 28.1. The highest BCUT2D eigenvalue weighted by Gasteiger charge is 2.28. The fourth-order valence-electron chi connectivity index (χ4n) is 4.85. The molecule has 206 valence electrons. The number of hydrogen-bond acceptors (Lipinski definition) is 5. The highest BCUT2D eigenvalue weighted by molar-refractivity contribution is 7.89. The average Bonchev–Trinajstić information content (AvgIpc) is 3.35. The van der Waals surface area contributed by atoms with Crippen LogP contribution in [0, 0.1) is 5.82 Å². The Balaban J connectivity index is 1.27. The molecule has 40 heavy (non-hydrogen) atoms. The number of carbonyl (C=O) groups is 1. The third-order valence-electron chi connectivity index (χ3n) is 7.09. The zero-order valence-electron chi connectivity index (χ0n) is 22.2. The minimum atomic E-state index is -3.69. The van der Waals surface area contributed by atoms with E-state index in [-0.39, 0.29) is 22.7 Å². The number of fused-ring (bicyclic) bond motifs is 1. The molecule has 1 aliphatic carbocycles. The highest BCUT2D eigenvalue weighted by Crippen LogP contribution is 2.35. The van der Waals surface area contributed by atoms with E-state index in [1.807, 2.05) is 37.3 Å². The first-order chi connectivity index (χ1) is 19.3. The maximum Gasteiger partial charge on any atom is 0.255 e. The number of rotatable bonds is 10. The molecule has 0 saturated carbocycles. The SMILES string of the molecule is CCc1ccc(S(=O)(=O)NC2CCc3ccc(Nc4ncccc4C(=O)NCCc4ccc(F)cc4)cc32)cc1. The van der Waals surface area contributed by atoms with Gasteiger partial charge in [0, 0.05) is 24.5 Å². The van der Waals surface area contributed by atoms with Crippen LogP contribution < -0.4 is 15.4 Å². The van der Waals surface area contributed by atoms with E-state index in [9.17, 15) is 17.6 Å². The number of aryl methyl sites for hydroxylation is 2. The maximum absolute atomic E-state index is 13.1. The van der Waals surface area contributed by atoms with Crippen molar-refractivity contribution >= 4 is 27.4 Å². The maximum atomic E-state index is 13.1. The molecule has 3 N–H and O–H groups in total. The van der Waals surface area contributed by atoms with Crippen LogP contribution in [0.25, 0.3) is 0 Å². The summed E-state index contributed by atoms with van der Waals surface area (Å²) in [6.45, 7) is 2.42. The van der Waals surface area contributed by atoms with Crippen LogP contribution >= 0.6 is 0 Å². The topological polar surface area (TPSA) is 100 Å². The molecule has 4 aromatic rings. The van der Waals surface area contributed by atoms with Crippen LogP contribution in [-0.4, -0.2) is 25.9 Å². The molecule has 0 radical (unpaired) electrons. The minimum Gasteiger partial charge on any atom is -0.352 e. The summed E-state index contributed by atoms with van der Waals surface area (Å²) in [6, 6.07) is 22.0. The minimum absolute atomic E-state index is 0.246. The molecular formula is C31H31FN4O3S. The lowest BCUT2D eigenvalue weighted by molar-refractivity contribution is 0.0954. The van der Waals surface area contributed by atoms with E-state index in [0.717, 1.165) is 35.1 Å². The first-order valence-electron chi connectivity index (χ1n) is 13.3. The quantitative estimate of drug-likeness (QED) is 0.240. The Hall–Kier alpha value is -4.08. The van der Waals surface area contributed by atoms with Crippen molar-refractivity contribution in [3.05, 3.63) is 119 Å². The van der Waals surface area contributed by atoms with E-state index in [1.165, 1.54) is 12.1 Å². The molecule has 1 amide bonds. The van der Waals surface area contributed by atoms with Gasteiger partial charge >= 0.3 is 0 Å². The number of benzene rings is 3. The van der Waals surface area contributed by atoms with Crippen molar-refractivity contribution in [2.45, 2.75) is 43.5 Å². The van der Waals surface area contributed by atoms with E-state index >= 15 is 0 Å². The number of hydrogen-bond donors (Lipinski definition) is 3. The number of anilines is 2. The molecule has 7 nitrogen and oxygen atoms in total. The van der Waals surface area contributed by atoms with Gasteiger partial charge in [-0.15, -0.1) is 0 Å². The molecule has 9 heteroatoms. The van der Waals surface area contributed by atoms with Crippen molar-refractivity contribution in [2.24, 2.45) is 0 Å². The lowest BCUT2D eigenvalue weighted by Gasteiger charge is -2.17. The number of nitrogens with one attached hydrogen (secondary N) is 3. The summed E-state index contributed by atoms with van der Waals surface area (Å²) < 4.78 is 42.2. The van der Waals surface area contributed by atoms with Gasteiger partial charge < -0.3 is 10.6 Å². The Morgan fingerprint density at radius 3 is 2.50 bits per heavy atom. The van der Waals surface area contributed by atoms with Crippen LogP contribution in [0.4, 0.5) is 15.9 Å². The number of aromatic nitrogens is 1. The summed E-state index contributed by atoms with van der Waals surface area (Å²) in [7, 11) is -3.69. The van der Waals surface area contributed by atoms with Gasteiger partial charge in [0.2, 0.25) is 10.0 Å². The molecule has 1 atom stereocenters. The zero-order valence-corrected chi connectivity index (χ0v) is 23.0. The second-order valence-corrected chi connectivity index (χ2v) is 11.5. The van der Waals surface area contributed by atoms with Gasteiger partial charge in [0.1, 0.15) is 11.6 Å². The van der Waals surface area contributed by atoms with Gasteiger partial charge in [0.05, 0.1) is 10.5 Å². The Labute approximate surface area is 233 Å². The normalized spacial score (nSPS) is 14.5. The number of pyridine rings is 1. The lowest BCUT2D eigenvalue weighted by atomic mass is 10.1. The van der Waals surface area contributed by atoms with E-state index in [2.05, 4.69) is 20.3 Å². The van der Waals surface area contributed by atoms with E-state index in [1.54, 1.807) is 42.6 Å². The van der Waals surface area contributed by atoms with Gasteiger partial charge in [-0.25, -0.2) is 22.5 Å². The van der Waals surface area contributed by atoms with Crippen LogP contribution in [0.3, 0.4) is 0 Å². The number of nitrogens with zero attached hydrogens (tertiary/aromatic N) is 1. The molecule has 1 unspecified atom stereocenters. The standard InChI is InChI=1S/C31H31FN4O3S/c1-2-21-7-14-26(15-8-21)40(38,39)36-29-16-10-23-9-13-25(20-28(23)29)35-30-27(4-3-18-33-30)31(37)34-19-17-22-5-11-24(32)12-6-22/h3-9,11-15,18,20,29,36H,2,10,16-17,19H2,1H3,(H,33,35)(H,34,37). The summed E-state index contributed by atoms with van der Waals surface area (Å²) in [6.07, 6.45) is 4.44. The van der Waals surface area contributed by atoms with Gasteiger partial charge in [-0.05, 0) is 96.5 Å². The molecule has 0 spiro atoms. The van der Waals surface area contributed by atoms with Crippen molar-refractivity contribution < 1.29 is 17.6 Å². The van der Waals surface area contributed by atoms with Crippen LogP contribution in [0.1, 0.15) is 52.0 Å². The third kappa shape index (κ3) is 6.38. The lowest BCUT2D eigenvalue weighted by Crippen LogP contribution is -2.27. The molecule has 1 aliphatic rings. The van der Waals surface area contributed by atoms with Crippen LogP contribution in [0.5, 0.6) is 0 Å². The molecule has 1 heterocycles. The van der Waals surface area contributed by atoms with Crippen molar-refractivity contribution in [2.75, 3.05) is 11.9 Å².